The first kappa shape index (κ1) is 22.6. The summed E-state index contributed by atoms with van der Waals surface area (Å²) in [6.07, 6.45) is 6.93. The molecule has 4 rings (SSSR count). The van der Waals surface area contributed by atoms with Gasteiger partial charge in [-0.05, 0) is 61.2 Å². The Balaban J connectivity index is 1.83. The number of amides is 1. The summed E-state index contributed by atoms with van der Waals surface area (Å²) in [7, 11) is 3.18. The fourth-order valence-corrected chi connectivity index (χ4v) is 4.63. The molecule has 1 aliphatic carbocycles. The summed E-state index contributed by atoms with van der Waals surface area (Å²) in [5.74, 6) is -0.0880. The van der Waals surface area contributed by atoms with Gasteiger partial charge in [0.25, 0.3) is 5.91 Å². The number of ether oxygens (including phenoxy) is 2. The summed E-state index contributed by atoms with van der Waals surface area (Å²) in [4.78, 5) is 25.1. The van der Waals surface area contributed by atoms with E-state index >= 15 is 0 Å². The van der Waals surface area contributed by atoms with E-state index < -0.39 is 5.97 Å². The number of allylic oxidation sites excluding steroid dienone is 2. The Kier molecular flexibility index (Phi) is 6.49. The number of hydrogen-bond donors (Lipinski definition) is 1. The zero-order chi connectivity index (χ0) is 23.5. The van der Waals surface area contributed by atoms with Crippen molar-refractivity contribution in [2.75, 3.05) is 19.2 Å². The molecule has 33 heavy (non-hydrogen) atoms. The molecule has 2 atom stereocenters. The Hall–Kier alpha value is -3.61. The van der Waals surface area contributed by atoms with E-state index in [1.165, 1.54) is 5.01 Å². The van der Waals surface area contributed by atoms with Crippen LogP contribution in [-0.2, 0) is 11.2 Å². The second-order valence-electron chi connectivity index (χ2n) is 8.26. The van der Waals surface area contributed by atoms with Crippen molar-refractivity contribution in [3.63, 3.8) is 0 Å². The molecule has 0 spiro atoms. The third-order valence-electron chi connectivity index (χ3n) is 6.28. The maximum atomic E-state index is 13.5. The maximum Gasteiger partial charge on any atom is 0.335 e. The predicted molar refractivity (Wildman–Crippen MR) is 126 cm³/mol. The fraction of sp³-hybridized carbons (Fsp3) is 0.346. The van der Waals surface area contributed by atoms with Crippen molar-refractivity contribution < 1.29 is 24.2 Å². The van der Waals surface area contributed by atoms with Crippen LogP contribution in [0.4, 0.5) is 5.69 Å². The number of hydrogen-bond acceptors (Lipinski definition) is 5. The van der Waals surface area contributed by atoms with E-state index in [2.05, 4.69) is 6.08 Å². The van der Waals surface area contributed by atoms with Crippen LogP contribution in [0.1, 0.15) is 47.7 Å². The minimum atomic E-state index is -0.970. The van der Waals surface area contributed by atoms with Crippen molar-refractivity contribution in [2.45, 2.75) is 32.6 Å². The second-order valence-corrected chi connectivity index (χ2v) is 8.26. The highest BCUT2D eigenvalue weighted by atomic mass is 16.5. The number of carbonyl (C=O) groups excluding carboxylic acids is 1. The molecular weight excluding hydrogens is 420 g/mol. The number of fused-ring (bicyclic) bond motifs is 1. The van der Waals surface area contributed by atoms with Crippen molar-refractivity contribution in [1.82, 2.24) is 0 Å². The summed E-state index contributed by atoms with van der Waals surface area (Å²) >= 11 is 0. The van der Waals surface area contributed by atoms with E-state index in [-0.39, 0.29) is 23.3 Å². The minimum absolute atomic E-state index is 0.0368. The van der Waals surface area contributed by atoms with E-state index in [0.717, 1.165) is 24.1 Å². The molecule has 7 heteroatoms. The molecular formula is C26H28N2O5. The zero-order valence-electron chi connectivity index (χ0n) is 19.1. The van der Waals surface area contributed by atoms with Gasteiger partial charge in [-0.2, -0.15) is 5.10 Å². The van der Waals surface area contributed by atoms with Crippen LogP contribution in [0.25, 0.3) is 0 Å². The van der Waals surface area contributed by atoms with Gasteiger partial charge in [0.05, 0.1) is 37.1 Å². The first-order valence-electron chi connectivity index (χ1n) is 11.1. The molecule has 1 amide bonds. The number of benzene rings is 2. The zero-order valence-corrected chi connectivity index (χ0v) is 19.1. The minimum Gasteiger partial charge on any atom is -0.493 e. The van der Waals surface area contributed by atoms with Crippen molar-refractivity contribution in [3.8, 4) is 11.5 Å². The third kappa shape index (κ3) is 4.23. The monoisotopic (exact) mass is 448 g/mol. The van der Waals surface area contributed by atoms with E-state index in [1.807, 2.05) is 31.2 Å². The van der Waals surface area contributed by atoms with Crippen LogP contribution >= 0.6 is 0 Å². The maximum absolute atomic E-state index is 13.5. The first-order valence-corrected chi connectivity index (χ1v) is 11.1. The number of methoxy groups -OCH3 is 2. The Bertz CT molecular complexity index is 1140. The number of aryl methyl sites for hydroxylation is 1. The highest BCUT2D eigenvalue weighted by Gasteiger charge is 2.41. The molecule has 2 aromatic rings. The van der Waals surface area contributed by atoms with Crippen LogP contribution in [0.2, 0.25) is 0 Å². The summed E-state index contributed by atoms with van der Waals surface area (Å²) in [6.45, 7) is 2.00. The second kappa shape index (κ2) is 9.48. The molecule has 2 aromatic carbocycles. The molecule has 1 N–H and O–H groups in total. The third-order valence-corrected chi connectivity index (χ3v) is 6.28. The van der Waals surface area contributed by atoms with Crippen LogP contribution in [0.3, 0.4) is 0 Å². The van der Waals surface area contributed by atoms with Gasteiger partial charge in [0.15, 0.2) is 11.5 Å². The Morgan fingerprint density at radius 1 is 1.06 bits per heavy atom. The van der Waals surface area contributed by atoms with Gasteiger partial charge in [-0.1, -0.05) is 25.5 Å². The fourth-order valence-electron chi connectivity index (χ4n) is 4.63. The number of carboxylic acids is 1. The van der Waals surface area contributed by atoms with Crippen LogP contribution in [-0.4, -0.2) is 36.9 Å². The molecule has 0 saturated heterocycles. The Labute approximate surface area is 193 Å². The van der Waals surface area contributed by atoms with Gasteiger partial charge in [-0.3, -0.25) is 4.79 Å². The van der Waals surface area contributed by atoms with Crippen LogP contribution in [0.5, 0.6) is 11.5 Å². The predicted octanol–water partition coefficient (Wildman–Crippen LogP) is 4.69. The first-order chi connectivity index (χ1) is 16.0. The quantitative estimate of drug-likeness (QED) is 0.621. The molecule has 2 aliphatic rings. The Morgan fingerprint density at radius 3 is 2.45 bits per heavy atom. The highest BCUT2D eigenvalue weighted by Crippen LogP contribution is 2.38. The molecule has 0 bridgehead atoms. The van der Waals surface area contributed by atoms with E-state index in [1.54, 1.807) is 32.4 Å². The molecule has 0 saturated carbocycles. The van der Waals surface area contributed by atoms with Gasteiger partial charge in [0.1, 0.15) is 0 Å². The Morgan fingerprint density at radius 2 is 1.79 bits per heavy atom. The number of carbonyl (C=O) groups is 2. The molecule has 0 radical (unpaired) electrons. The van der Waals surface area contributed by atoms with Crippen molar-refractivity contribution in [1.29, 1.82) is 0 Å². The molecule has 1 aliphatic heterocycles. The van der Waals surface area contributed by atoms with Gasteiger partial charge >= 0.3 is 5.97 Å². The lowest BCUT2D eigenvalue weighted by Gasteiger charge is -2.37. The number of anilines is 1. The van der Waals surface area contributed by atoms with Crippen LogP contribution in [0.15, 0.2) is 53.7 Å². The largest absolute Gasteiger partial charge is 0.493 e. The lowest BCUT2D eigenvalue weighted by atomic mass is 9.76. The van der Waals surface area contributed by atoms with Gasteiger partial charge in [0.2, 0.25) is 0 Å². The molecule has 172 valence electrons. The van der Waals surface area contributed by atoms with E-state index in [9.17, 15) is 14.7 Å². The standard InChI is InChI=1S/C26H28N2O5/c1-4-7-16-14-18(11-12-19(16)26(30)31)28-25(29)21-9-6-5-8-20(21)24(27-28)17-10-13-22(32-2)23(15-17)33-3/h5-6,10-15,20-21H,4,7-9H2,1-3H3,(H,30,31). The SMILES string of the molecule is CCCc1cc(N2N=C(c3ccc(OC)c(OC)c3)C3CC=CCC3C2=O)ccc1C(=O)O. The molecule has 0 fully saturated rings. The summed E-state index contributed by atoms with van der Waals surface area (Å²) < 4.78 is 10.9. The summed E-state index contributed by atoms with van der Waals surface area (Å²) in [5.41, 5.74) is 3.21. The number of rotatable bonds is 7. The molecule has 2 unspecified atom stereocenters. The van der Waals surface area contributed by atoms with Gasteiger partial charge in [-0.25, -0.2) is 9.80 Å². The average Bonchev–Trinajstić information content (AvgIpc) is 2.84. The number of carboxylic acid groups (broad SMARTS) is 1. The number of hydrazone groups is 1. The smallest absolute Gasteiger partial charge is 0.335 e. The lowest BCUT2D eigenvalue weighted by Crippen LogP contribution is -2.45. The van der Waals surface area contributed by atoms with Gasteiger partial charge < -0.3 is 14.6 Å². The average molecular weight is 449 g/mol. The van der Waals surface area contributed by atoms with Crippen LogP contribution in [0, 0.1) is 11.8 Å². The molecule has 1 heterocycles. The van der Waals surface area contributed by atoms with Crippen molar-refractivity contribution >= 4 is 23.3 Å². The normalized spacial score (nSPS) is 19.7. The van der Waals surface area contributed by atoms with E-state index in [4.69, 9.17) is 14.6 Å². The molecule has 7 nitrogen and oxygen atoms in total. The van der Waals surface area contributed by atoms with Gasteiger partial charge in [-0.15, -0.1) is 0 Å². The highest BCUT2D eigenvalue weighted by molar-refractivity contribution is 6.11. The van der Waals surface area contributed by atoms with Crippen LogP contribution < -0.4 is 14.5 Å². The summed E-state index contributed by atoms with van der Waals surface area (Å²) in [6, 6.07) is 10.7. The number of nitrogens with zero attached hydrogens (tertiary/aromatic N) is 2. The number of aromatic carboxylic acids is 1. The van der Waals surface area contributed by atoms with E-state index in [0.29, 0.717) is 35.6 Å². The summed E-state index contributed by atoms with van der Waals surface area (Å²) in [5, 5.41) is 15.8. The molecule has 0 aromatic heterocycles. The lowest BCUT2D eigenvalue weighted by molar-refractivity contribution is -0.123. The van der Waals surface area contributed by atoms with Gasteiger partial charge in [0, 0.05) is 11.5 Å². The van der Waals surface area contributed by atoms with Crippen molar-refractivity contribution in [3.05, 3.63) is 65.2 Å². The van der Waals surface area contributed by atoms with Crippen molar-refractivity contribution in [2.24, 2.45) is 16.9 Å². The topological polar surface area (TPSA) is 88.4 Å².